The van der Waals surface area contributed by atoms with E-state index in [0.29, 0.717) is 31.2 Å². The molecule has 3 heterocycles. The molecular weight excluding hydrogens is 532 g/mol. The first-order valence-corrected chi connectivity index (χ1v) is 15.3. The number of hydrogen-bond acceptors (Lipinski definition) is 7. The molecule has 3 aliphatic heterocycles. The maximum atomic E-state index is 14.1. The normalized spacial score (nSPS) is 25.5. The van der Waals surface area contributed by atoms with Crippen LogP contribution in [0.4, 0.5) is 10.5 Å². The summed E-state index contributed by atoms with van der Waals surface area (Å²) in [6, 6.07) is 8.93. The summed E-state index contributed by atoms with van der Waals surface area (Å²) in [4.78, 5) is 44.9. The summed E-state index contributed by atoms with van der Waals surface area (Å²) in [7, 11) is -0.187. The van der Waals surface area contributed by atoms with Gasteiger partial charge in [0.15, 0.2) is 0 Å². The minimum absolute atomic E-state index is 0.174. The third-order valence-corrected chi connectivity index (χ3v) is 10.1. The molecule has 0 aliphatic carbocycles. The van der Waals surface area contributed by atoms with Crippen LogP contribution in [0.25, 0.3) is 10.8 Å². The number of hydrogen-bond donors (Lipinski definition) is 0. The zero-order valence-electron chi connectivity index (χ0n) is 24.0. The summed E-state index contributed by atoms with van der Waals surface area (Å²) in [5.41, 5.74) is 0.140. The van der Waals surface area contributed by atoms with Gasteiger partial charge in [0.25, 0.3) is 0 Å². The lowest BCUT2D eigenvalue weighted by atomic mass is 10.0. The number of ether oxygens (including phenoxy) is 1. The first-order valence-electron chi connectivity index (χ1n) is 13.8. The van der Waals surface area contributed by atoms with Crippen LogP contribution < -0.4 is 4.90 Å². The molecule has 2 aromatic carbocycles. The lowest BCUT2D eigenvalue weighted by Gasteiger charge is -2.32. The average Bonchev–Trinajstić information content (AvgIpc) is 3.59. The zero-order valence-corrected chi connectivity index (χ0v) is 24.8. The molecule has 0 radical (unpaired) electrons. The molecule has 5 rings (SSSR count). The Labute approximate surface area is 235 Å². The van der Waals surface area contributed by atoms with Gasteiger partial charge in [-0.1, -0.05) is 31.2 Å². The van der Waals surface area contributed by atoms with Crippen molar-refractivity contribution in [2.24, 2.45) is 5.92 Å². The number of amides is 3. The van der Waals surface area contributed by atoms with Crippen LogP contribution >= 0.6 is 0 Å². The van der Waals surface area contributed by atoms with E-state index in [1.807, 2.05) is 37.2 Å². The first-order chi connectivity index (χ1) is 18.7. The van der Waals surface area contributed by atoms with E-state index in [9.17, 15) is 22.8 Å². The number of fused-ring (bicyclic) bond motifs is 2. The van der Waals surface area contributed by atoms with E-state index in [4.69, 9.17) is 4.74 Å². The SMILES string of the molecule is CC1C(=O)N(C(=O)OC(C)(C)C)C2CCN(C(=O)[C@@H]3CCCN3S(=O)(=O)c3cccc4c(N(C)C)cccc34)C12. The highest BCUT2D eigenvalue weighted by atomic mass is 32.2. The fourth-order valence-electron chi connectivity index (χ4n) is 6.48. The molecule has 0 spiro atoms. The Morgan fingerprint density at radius 1 is 1.00 bits per heavy atom. The number of likely N-dealkylation sites (tertiary alicyclic amines) is 2. The summed E-state index contributed by atoms with van der Waals surface area (Å²) in [6.07, 6.45) is 0.688. The Morgan fingerprint density at radius 2 is 1.68 bits per heavy atom. The van der Waals surface area contributed by atoms with Crippen molar-refractivity contribution >= 4 is 44.4 Å². The Kier molecular flexibility index (Phi) is 7.11. The second-order valence-corrected chi connectivity index (χ2v) is 14.0. The van der Waals surface area contributed by atoms with Crippen LogP contribution in [0, 0.1) is 5.92 Å². The molecule has 10 nitrogen and oxygen atoms in total. The number of nitrogens with zero attached hydrogens (tertiary/aromatic N) is 4. The minimum atomic E-state index is -4.01. The highest BCUT2D eigenvalue weighted by Gasteiger charge is 2.57. The van der Waals surface area contributed by atoms with Crippen LogP contribution in [0.1, 0.15) is 47.0 Å². The number of carbonyl (C=O) groups is 3. The summed E-state index contributed by atoms with van der Waals surface area (Å²) >= 11 is 0. The maximum Gasteiger partial charge on any atom is 0.417 e. The van der Waals surface area contributed by atoms with Gasteiger partial charge in [0.2, 0.25) is 21.8 Å². The van der Waals surface area contributed by atoms with Crippen molar-refractivity contribution in [3.8, 4) is 0 Å². The summed E-state index contributed by atoms with van der Waals surface area (Å²) < 4.78 is 35.0. The average molecular weight is 571 g/mol. The van der Waals surface area contributed by atoms with Gasteiger partial charge in [-0.3, -0.25) is 9.59 Å². The van der Waals surface area contributed by atoms with E-state index in [2.05, 4.69) is 0 Å². The van der Waals surface area contributed by atoms with Crippen LogP contribution in [0.2, 0.25) is 0 Å². The number of anilines is 1. The predicted molar refractivity (Wildman–Crippen MR) is 151 cm³/mol. The Hall–Kier alpha value is -3.18. The van der Waals surface area contributed by atoms with E-state index >= 15 is 0 Å². The van der Waals surface area contributed by atoms with E-state index in [1.165, 1.54) is 4.31 Å². The number of benzene rings is 2. The van der Waals surface area contributed by atoms with Crippen LogP contribution in [0.3, 0.4) is 0 Å². The lowest BCUT2D eigenvalue weighted by molar-refractivity contribution is -0.136. The Balaban J connectivity index is 1.43. The Morgan fingerprint density at radius 3 is 2.35 bits per heavy atom. The molecule has 216 valence electrons. The molecule has 3 unspecified atom stereocenters. The van der Waals surface area contributed by atoms with Crippen molar-refractivity contribution in [1.82, 2.24) is 14.1 Å². The van der Waals surface area contributed by atoms with E-state index < -0.39 is 45.8 Å². The second-order valence-electron chi connectivity index (χ2n) is 12.2. The minimum Gasteiger partial charge on any atom is -0.443 e. The van der Waals surface area contributed by atoms with E-state index in [1.54, 1.807) is 50.8 Å². The van der Waals surface area contributed by atoms with Gasteiger partial charge in [-0.2, -0.15) is 4.31 Å². The van der Waals surface area contributed by atoms with Crippen molar-refractivity contribution in [2.45, 2.75) is 75.6 Å². The van der Waals surface area contributed by atoms with E-state index in [-0.39, 0.29) is 23.3 Å². The molecular formula is C29H38N4O6S. The molecule has 4 atom stereocenters. The maximum absolute atomic E-state index is 14.1. The van der Waals surface area contributed by atoms with Crippen LogP contribution in [-0.2, 0) is 24.3 Å². The highest BCUT2D eigenvalue weighted by molar-refractivity contribution is 7.89. The number of sulfonamides is 1. The molecule has 0 saturated carbocycles. The fourth-order valence-corrected chi connectivity index (χ4v) is 8.34. The Bertz CT molecular complexity index is 1470. The molecule has 11 heteroatoms. The van der Waals surface area contributed by atoms with Gasteiger partial charge < -0.3 is 14.5 Å². The number of imide groups is 1. The molecule has 3 saturated heterocycles. The first kappa shape index (κ1) is 28.4. The van der Waals surface area contributed by atoms with Gasteiger partial charge in [-0.25, -0.2) is 18.1 Å². The molecule has 40 heavy (non-hydrogen) atoms. The van der Waals surface area contributed by atoms with Gasteiger partial charge in [0.05, 0.1) is 22.9 Å². The number of rotatable bonds is 4. The predicted octanol–water partition coefficient (Wildman–Crippen LogP) is 3.44. The summed E-state index contributed by atoms with van der Waals surface area (Å²) in [5, 5.41) is 1.43. The fraction of sp³-hybridized carbons (Fsp3) is 0.552. The number of carbonyl (C=O) groups excluding carboxylic acids is 3. The monoisotopic (exact) mass is 570 g/mol. The largest absolute Gasteiger partial charge is 0.443 e. The van der Waals surface area contributed by atoms with Gasteiger partial charge in [-0.15, -0.1) is 0 Å². The van der Waals surface area contributed by atoms with E-state index in [0.717, 1.165) is 16.0 Å². The van der Waals surface area contributed by atoms with Gasteiger partial charge in [0, 0.05) is 43.6 Å². The van der Waals surface area contributed by atoms with Crippen molar-refractivity contribution in [2.75, 3.05) is 32.1 Å². The molecule has 3 amide bonds. The molecule has 0 bridgehead atoms. The van der Waals surface area contributed by atoms with Crippen LogP contribution in [0.15, 0.2) is 41.3 Å². The third-order valence-electron chi connectivity index (χ3n) is 8.18. The standard InChI is InChI=1S/C29H38N4O6S/c1-18-25-22(33(26(18)34)28(36)39-29(2,3)4)15-17-31(25)27(35)23-13-9-16-32(23)40(37,38)24-14-8-10-19-20(24)11-7-12-21(19)30(5)6/h7-8,10-12,14,18,22-23,25H,9,13,15-17H2,1-6H3/t18?,22?,23-,25?/m0/s1. The van der Waals surface area contributed by atoms with Gasteiger partial charge >= 0.3 is 6.09 Å². The van der Waals surface area contributed by atoms with Crippen molar-refractivity contribution in [3.63, 3.8) is 0 Å². The summed E-state index contributed by atoms with van der Waals surface area (Å²) in [5.74, 6) is -1.28. The molecule has 2 aromatic rings. The van der Waals surface area contributed by atoms with Crippen molar-refractivity contribution < 1.29 is 27.5 Å². The molecule has 0 N–H and O–H groups in total. The third kappa shape index (κ3) is 4.62. The highest BCUT2D eigenvalue weighted by Crippen LogP contribution is 2.40. The molecule has 3 fully saturated rings. The van der Waals surface area contributed by atoms with Crippen LogP contribution in [-0.4, -0.2) is 91.3 Å². The molecule has 0 aromatic heterocycles. The van der Waals surface area contributed by atoms with Gasteiger partial charge in [0.1, 0.15) is 11.6 Å². The lowest BCUT2D eigenvalue weighted by Crippen LogP contribution is -2.51. The quantitative estimate of drug-likeness (QED) is 0.554. The molecule has 3 aliphatic rings. The second kappa shape index (κ2) is 10.0. The smallest absolute Gasteiger partial charge is 0.417 e. The van der Waals surface area contributed by atoms with Crippen LogP contribution in [0.5, 0.6) is 0 Å². The zero-order chi connectivity index (χ0) is 29.1. The topological polar surface area (TPSA) is 108 Å². The van der Waals surface area contributed by atoms with Crippen molar-refractivity contribution in [3.05, 3.63) is 36.4 Å². The van der Waals surface area contributed by atoms with Crippen molar-refractivity contribution in [1.29, 1.82) is 0 Å². The van der Waals surface area contributed by atoms with Gasteiger partial charge in [-0.05, 0) is 52.2 Å². The summed E-state index contributed by atoms with van der Waals surface area (Å²) in [6.45, 7) is 7.52.